The lowest BCUT2D eigenvalue weighted by Gasteiger charge is -1.93. The molecule has 0 aliphatic rings. The van der Waals surface area contributed by atoms with Crippen LogP contribution < -0.4 is 4.91 Å². The second kappa shape index (κ2) is 16.1. The molecule has 0 amide bonds. The molecule has 0 heterocycles. The second-order valence-electron chi connectivity index (χ2n) is 2.53. The van der Waals surface area contributed by atoms with Gasteiger partial charge in [-0.25, -0.2) is 0 Å². The Morgan fingerprint density at radius 3 is 1.27 bits per heavy atom. The van der Waals surface area contributed by atoms with Gasteiger partial charge in [0.2, 0.25) is 4.91 Å². The van der Waals surface area contributed by atoms with E-state index >= 15 is 0 Å². The summed E-state index contributed by atoms with van der Waals surface area (Å²) >= 11 is 0. The highest BCUT2D eigenvalue weighted by Gasteiger charge is 1.83. The van der Waals surface area contributed by atoms with E-state index in [2.05, 4.69) is 13.8 Å². The summed E-state index contributed by atoms with van der Waals surface area (Å²) in [6, 6.07) is 0. The van der Waals surface area contributed by atoms with Crippen molar-refractivity contribution in [2.45, 2.75) is 52.4 Å². The highest BCUT2D eigenvalue weighted by molar-refractivity contribution is 4.39. The van der Waals surface area contributed by atoms with Crippen molar-refractivity contribution in [1.29, 1.82) is 11.1 Å². The molecule has 0 aliphatic carbocycles. The third kappa shape index (κ3) is 26.8. The monoisotopic (exact) mass is 158 g/mol. The van der Waals surface area contributed by atoms with E-state index in [1.807, 2.05) is 4.91 Å². The Balaban J connectivity index is 0. The minimum Gasteiger partial charge on any atom is -0.0654 e. The van der Waals surface area contributed by atoms with Gasteiger partial charge in [0.15, 0.2) is 0 Å². The fraction of sp³-hybridized carbons (Fsp3) is 1.00. The number of hydrogen-bond acceptors (Lipinski definition) is 2. The van der Waals surface area contributed by atoms with Crippen LogP contribution in [-0.4, -0.2) is 0 Å². The van der Waals surface area contributed by atoms with Crippen molar-refractivity contribution in [3.8, 4) is 0 Å². The van der Waals surface area contributed by atoms with Crippen LogP contribution in [0.15, 0.2) is 0 Å². The molecule has 3 heteroatoms. The lowest BCUT2D eigenvalue weighted by Crippen LogP contribution is -1.73. The van der Waals surface area contributed by atoms with Crippen molar-refractivity contribution in [3.05, 3.63) is 0 Å². The largest absolute Gasteiger partial charge is 0.211 e. The lowest BCUT2D eigenvalue weighted by molar-refractivity contribution is 0.624. The third-order valence-corrected chi connectivity index (χ3v) is 1.46. The molecule has 0 aromatic carbocycles. The zero-order valence-electron chi connectivity index (χ0n) is 7.69. The van der Waals surface area contributed by atoms with Gasteiger partial charge in [-0.15, -0.1) is 0 Å². The molecule has 0 aliphatic heterocycles. The summed E-state index contributed by atoms with van der Waals surface area (Å²) in [6.07, 6.45) is 8.49. The summed E-state index contributed by atoms with van der Waals surface area (Å²) in [6.45, 7) is 4.51. The van der Waals surface area contributed by atoms with Crippen LogP contribution in [0.5, 0.6) is 0 Å². The molecule has 0 radical (unpaired) electrons. The molecule has 2 N–H and O–H groups in total. The van der Waals surface area contributed by atoms with Gasteiger partial charge < -0.3 is 0 Å². The van der Waals surface area contributed by atoms with Crippen LogP contribution in [-0.2, 0) is 0 Å². The summed E-state index contributed by atoms with van der Waals surface area (Å²) in [4.78, 5) is 2.00. The summed E-state index contributed by atoms with van der Waals surface area (Å²) in [5, 5.41) is 0. The quantitative estimate of drug-likeness (QED) is 0.349. The summed E-state index contributed by atoms with van der Waals surface area (Å²) in [5.74, 6) is 0. The van der Waals surface area contributed by atoms with Gasteiger partial charge in [-0.1, -0.05) is 52.4 Å². The van der Waals surface area contributed by atoms with Crippen LogP contribution in [0, 0.1) is 11.1 Å². The van der Waals surface area contributed by atoms with Crippen LogP contribution in [0.25, 0.3) is 0 Å². The van der Waals surface area contributed by atoms with E-state index < -0.39 is 0 Å². The summed E-state index contributed by atoms with van der Waals surface area (Å²) < 4.78 is 0. The van der Waals surface area contributed by atoms with Gasteiger partial charge >= 0.3 is 0 Å². The van der Waals surface area contributed by atoms with Gasteiger partial charge in [-0.05, 0) is 0 Å². The van der Waals surface area contributed by atoms with E-state index in [-0.39, 0.29) is 0 Å². The average Bonchev–Trinajstić information content (AvgIpc) is 2.00. The van der Waals surface area contributed by atoms with Crippen LogP contribution in [0.4, 0.5) is 0 Å². The van der Waals surface area contributed by atoms with E-state index in [4.69, 9.17) is 11.1 Å². The average molecular weight is 158 g/mol. The summed E-state index contributed by atoms with van der Waals surface area (Å²) in [5.41, 5.74) is 11.0. The van der Waals surface area contributed by atoms with Crippen molar-refractivity contribution >= 4 is 0 Å². The zero-order valence-corrected chi connectivity index (χ0v) is 7.69. The SMILES string of the molecule is CCCCCCCC.N=[N+]=N. The predicted molar refractivity (Wildman–Crippen MR) is 46.6 cm³/mol. The maximum Gasteiger partial charge on any atom is 0.211 e. The highest BCUT2D eigenvalue weighted by Crippen LogP contribution is 2.03. The Morgan fingerprint density at radius 2 is 1.09 bits per heavy atom. The Hall–Kier alpha value is -0.690. The first-order valence-electron chi connectivity index (χ1n) is 4.36. The Bertz CT molecular complexity index is 79.3. The molecule has 11 heavy (non-hydrogen) atoms. The van der Waals surface area contributed by atoms with Crippen molar-refractivity contribution in [3.63, 3.8) is 0 Å². The maximum absolute atomic E-state index is 5.50. The minimum atomic E-state index is 1.36. The molecule has 66 valence electrons. The molecule has 0 spiro atoms. The topological polar surface area (TPSA) is 61.8 Å². The molecular weight excluding hydrogens is 138 g/mol. The first-order valence-corrected chi connectivity index (χ1v) is 4.36. The predicted octanol–water partition coefficient (Wildman–Crippen LogP) is 3.48. The lowest BCUT2D eigenvalue weighted by atomic mass is 10.1. The van der Waals surface area contributed by atoms with E-state index in [0.29, 0.717) is 0 Å². The normalized spacial score (nSPS) is 7.82. The fourth-order valence-electron chi connectivity index (χ4n) is 0.854. The molecule has 0 unspecified atom stereocenters. The first kappa shape index (κ1) is 12.9. The highest BCUT2D eigenvalue weighted by atomic mass is 15.0. The molecule has 0 aromatic heterocycles. The number of rotatable bonds is 5. The van der Waals surface area contributed by atoms with E-state index in [9.17, 15) is 0 Å². The van der Waals surface area contributed by atoms with E-state index in [1.165, 1.54) is 38.5 Å². The first-order chi connectivity index (χ1) is 5.33. The Labute approximate surface area is 69.2 Å². The molecule has 0 bridgehead atoms. The van der Waals surface area contributed by atoms with Crippen LogP contribution >= 0.6 is 0 Å². The van der Waals surface area contributed by atoms with Crippen molar-refractivity contribution in [2.75, 3.05) is 0 Å². The molecule has 0 atom stereocenters. The van der Waals surface area contributed by atoms with Gasteiger partial charge in [-0.3, -0.25) is 0 Å². The molecule has 0 saturated heterocycles. The number of hydrogen-bond donors (Lipinski definition) is 2. The molecular formula is C8H20N3+. The number of nitrogens with zero attached hydrogens (tertiary/aromatic N) is 1. The molecule has 3 nitrogen and oxygen atoms in total. The Morgan fingerprint density at radius 1 is 0.818 bits per heavy atom. The van der Waals surface area contributed by atoms with Crippen LogP contribution in [0.1, 0.15) is 52.4 Å². The van der Waals surface area contributed by atoms with Crippen LogP contribution in [0.2, 0.25) is 0 Å². The summed E-state index contributed by atoms with van der Waals surface area (Å²) in [7, 11) is 0. The van der Waals surface area contributed by atoms with Crippen molar-refractivity contribution in [2.24, 2.45) is 0 Å². The smallest absolute Gasteiger partial charge is 0.0654 e. The zero-order chi connectivity index (χ0) is 8.95. The maximum atomic E-state index is 5.50. The van der Waals surface area contributed by atoms with E-state index in [0.717, 1.165) is 0 Å². The minimum absolute atomic E-state index is 1.36. The molecule has 0 fully saturated rings. The second-order valence-corrected chi connectivity index (χ2v) is 2.53. The number of nitrogens with one attached hydrogen (secondary N) is 2. The molecule has 0 aromatic rings. The van der Waals surface area contributed by atoms with Crippen molar-refractivity contribution < 1.29 is 0 Å². The van der Waals surface area contributed by atoms with Gasteiger partial charge in [0, 0.05) is 0 Å². The third-order valence-electron chi connectivity index (χ3n) is 1.46. The molecule has 0 rings (SSSR count). The van der Waals surface area contributed by atoms with Gasteiger partial charge in [0.05, 0.1) is 0 Å². The Kier molecular flexibility index (Phi) is 19.0. The van der Waals surface area contributed by atoms with Gasteiger partial charge in [0.25, 0.3) is 0 Å². The van der Waals surface area contributed by atoms with E-state index in [1.54, 1.807) is 0 Å². The number of unbranched alkanes of at least 4 members (excludes halogenated alkanes) is 5. The van der Waals surface area contributed by atoms with Gasteiger partial charge in [0.1, 0.15) is 11.1 Å². The van der Waals surface area contributed by atoms with Gasteiger partial charge in [-0.2, -0.15) is 0 Å². The van der Waals surface area contributed by atoms with Crippen LogP contribution in [0.3, 0.4) is 0 Å². The van der Waals surface area contributed by atoms with Crippen molar-refractivity contribution in [1.82, 2.24) is 4.91 Å². The standard InChI is InChI=1S/C8H18.H2N3/c1-3-5-7-8-6-4-2;1-3-2/h3-8H2,1-2H3;1-2H/q;+1. The fourth-order valence-corrected chi connectivity index (χ4v) is 0.854. The molecule has 0 saturated carbocycles.